The normalized spacial score (nSPS) is 16.0. The van der Waals surface area contributed by atoms with Gasteiger partial charge < -0.3 is 10.4 Å². The fourth-order valence-corrected chi connectivity index (χ4v) is 1.67. The lowest BCUT2D eigenvalue weighted by molar-refractivity contribution is 0.0935. The predicted molar refractivity (Wildman–Crippen MR) is 62.2 cm³/mol. The van der Waals surface area contributed by atoms with Gasteiger partial charge >= 0.3 is 0 Å². The molecule has 0 heterocycles. The topological polar surface area (TPSA) is 73.1 Å². The van der Waals surface area contributed by atoms with Gasteiger partial charge in [-0.2, -0.15) is 5.26 Å². The molecule has 1 amide bonds. The second kappa shape index (κ2) is 4.56. The summed E-state index contributed by atoms with van der Waals surface area (Å²) in [6.07, 6.45) is 1.92. The van der Waals surface area contributed by atoms with Gasteiger partial charge in [0.15, 0.2) is 0 Å². The van der Waals surface area contributed by atoms with E-state index in [0.29, 0.717) is 17.7 Å². The van der Waals surface area contributed by atoms with Crippen molar-refractivity contribution in [3.05, 3.63) is 35.4 Å². The van der Waals surface area contributed by atoms with Crippen LogP contribution in [0.25, 0.3) is 0 Å². The highest BCUT2D eigenvalue weighted by Crippen LogP contribution is 2.44. The second-order valence-corrected chi connectivity index (χ2v) is 4.53. The first-order valence-electron chi connectivity index (χ1n) is 5.58. The number of hydrogen-bond donors (Lipinski definition) is 2. The van der Waals surface area contributed by atoms with Gasteiger partial charge in [-0.3, -0.25) is 4.79 Å². The summed E-state index contributed by atoms with van der Waals surface area (Å²) in [6.45, 7) is 0.616. The summed E-state index contributed by atoms with van der Waals surface area (Å²) in [4.78, 5) is 11.8. The zero-order valence-electron chi connectivity index (χ0n) is 9.44. The summed E-state index contributed by atoms with van der Waals surface area (Å²) in [5.74, 6) is -0.193. The minimum Gasteiger partial charge on any atom is -0.396 e. The number of hydrogen-bond acceptors (Lipinski definition) is 3. The second-order valence-electron chi connectivity index (χ2n) is 4.53. The summed E-state index contributed by atoms with van der Waals surface area (Å²) in [6, 6.07) is 8.58. The largest absolute Gasteiger partial charge is 0.396 e. The molecule has 1 aromatic rings. The van der Waals surface area contributed by atoms with Crippen LogP contribution in [-0.4, -0.2) is 24.2 Å². The Hall–Kier alpha value is -1.86. The first-order chi connectivity index (χ1) is 8.19. The smallest absolute Gasteiger partial charge is 0.251 e. The van der Waals surface area contributed by atoms with Crippen LogP contribution in [0.15, 0.2) is 24.3 Å². The number of aliphatic hydroxyl groups excluding tert-OH is 1. The standard InChI is InChI=1S/C13H14N2O2/c14-7-10-2-1-3-11(6-10)12(17)15-8-13(9-16)4-5-13/h1-3,6,16H,4-5,8-9H2,(H,15,17). The van der Waals surface area contributed by atoms with E-state index in [9.17, 15) is 4.79 Å². The van der Waals surface area contributed by atoms with E-state index in [1.165, 1.54) is 0 Å². The molecule has 0 aliphatic heterocycles. The van der Waals surface area contributed by atoms with E-state index in [2.05, 4.69) is 5.32 Å². The summed E-state index contributed by atoms with van der Waals surface area (Å²) in [5, 5.41) is 20.7. The Labute approximate surface area is 99.9 Å². The van der Waals surface area contributed by atoms with Crippen LogP contribution in [0.5, 0.6) is 0 Å². The highest BCUT2D eigenvalue weighted by atomic mass is 16.3. The first kappa shape index (κ1) is 11.6. The Balaban J connectivity index is 1.98. The lowest BCUT2D eigenvalue weighted by atomic mass is 10.1. The van der Waals surface area contributed by atoms with Crippen LogP contribution in [0.1, 0.15) is 28.8 Å². The summed E-state index contributed by atoms with van der Waals surface area (Å²) >= 11 is 0. The monoisotopic (exact) mass is 230 g/mol. The van der Waals surface area contributed by atoms with Gasteiger partial charge in [0.1, 0.15) is 0 Å². The van der Waals surface area contributed by atoms with Crippen molar-refractivity contribution in [2.45, 2.75) is 12.8 Å². The average molecular weight is 230 g/mol. The van der Waals surface area contributed by atoms with Crippen molar-refractivity contribution < 1.29 is 9.90 Å². The molecule has 4 heteroatoms. The Morgan fingerprint density at radius 1 is 1.53 bits per heavy atom. The van der Waals surface area contributed by atoms with Crippen LogP contribution in [0, 0.1) is 16.7 Å². The molecular formula is C13H14N2O2. The molecule has 4 nitrogen and oxygen atoms in total. The van der Waals surface area contributed by atoms with Crippen LogP contribution in [-0.2, 0) is 0 Å². The Morgan fingerprint density at radius 2 is 2.29 bits per heavy atom. The summed E-state index contributed by atoms with van der Waals surface area (Å²) < 4.78 is 0. The van der Waals surface area contributed by atoms with Gasteiger partial charge in [-0.15, -0.1) is 0 Å². The molecule has 0 saturated heterocycles. The van der Waals surface area contributed by atoms with Crippen molar-refractivity contribution in [2.75, 3.05) is 13.2 Å². The maximum absolute atomic E-state index is 11.8. The molecule has 1 saturated carbocycles. The van der Waals surface area contributed by atoms with E-state index >= 15 is 0 Å². The minimum absolute atomic E-state index is 0.0947. The van der Waals surface area contributed by atoms with E-state index in [1.54, 1.807) is 24.3 Å². The van der Waals surface area contributed by atoms with E-state index in [-0.39, 0.29) is 17.9 Å². The van der Waals surface area contributed by atoms with Crippen LogP contribution < -0.4 is 5.32 Å². The molecule has 2 N–H and O–H groups in total. The van der Waals surface area contributed by atoms with Crippen LogP contribution in [0.3, 0.4) is 0 Å². The molecule has 1 aliphatic rings. The van der Waals surface area contributed by atoms with Crippen LogP contribution in [0.2, 0.25) is 0 Å². The summed E-state index contributed by atoms with van der Waals surface area (Å²) in [7, 11) is 0. The zero-order valence-corrected chi connectivity index (χ0v) is 9.44. The highest BCUT2D eigenvalue weighted by molar-refractivity contribution is 5.94. The maximum atomic E-state index is 11.8. The van der Waals surface area contributed by atoms with E-state index in [1.807, 2.05) is 6.07 Å². The van der Waals surface area contributed by atoms with Crippen molar-refractivity contribution in [3.63, 3.8) is 0 Å². The minimum atomic E-state index is -0.193. The predicted octanol–water partition coefficient (Wildman–Crippen LogP) is 1.06. The Bertz CT molecular complexity index is 473. The van der Waals surface area contributed by atoms with Crippen molar-refractivity contribution in [3.8, 4) is 6.07 Å². The lowest BCUT2D eigenvalue weighted by Crippen LogP contribution is -2.31. The van der Waals surface area contributed by atoms with Gasteiger partial charge in [-0.1, -0.05) is 6.07 Å². The number of benzene rings is 1. The quantitative estimate of drug-likeness (QED) is 0.812. The molecule has 1 aromatic carbocycles. The first-order valence-corrected chi connectivity index (χ1v) is 5.58. The molecule has 0 spiro atoms. The van der Waals surface area contributed by atoms with Gasteiger partial charge in [-0.05, 0) is 31.0 Å². The SMILES string of the molecule is N#Cc1cccc(C(=O)NCC2(CO)CC2)c1. The van der Waals surface area contributed by atoms with Gasteiger partial charge in [0, 0.05) is 17.5 Å². The molecule has 88 valence electrons. The number of nitriles is 1. The van der Waals surface area contributed by atoms with E-state index in [0.717, 1.165) is 12.8 Å². The Kier molecular flexibility index (Phi) is 3.12. The fraction of sp³-hybridized carbons (Fsp3) is 0.385. The molecule has 0 bridgehead atoms. The molecular weight excluding hydrogens is 216 g/mol. The highest BCUT2D eigenvalue weighted by Gasteiger charge is 2.42. The lowest BCUT2D eigenvalue weighted by Gasteiger charge is -2.12. The summed E-state index contributed by atoms with van der Waals surface area (Å²) in [5.41, 5.74) is 0.862. The van der Waals surface area contributed by atoms with Crippen molar-refractivity contribution in [1.29, 1.82) is 5.26 Å². The van der Waals surface area contributed by atoms with Crippen LogP contribution in [0.4, 0.5) is 0 Å². The molecule has 0 unspecified atom stereocenters. The Morgan fingerprint density at radius 3 is 2.88 bits per heavy atom. The average Bonchev–Trinajstić information content (AvgIpc) is 3.17. The molecule has 0 atom stereocenters. The van der Waals surface area contributed by atoms with Crippen molar-refractivity contribution in [1.82, 2.24) is 5.32 Å². The van der Waals surface area contributed by atoms with E-state index < -0.39 is 0 Å². The molecule has 1 aliphatic carbocycles. The fourth-order valence-electron chi connectivity index (χ4n) is 1.67. The third-order valence-electron chi connectivity index (χ3n) is 3.17. The van der Waals surface area contributed by atoms with E-state index in [4.69, 9.17) is 10.4 Å². The number of nitrogens with one attached hydrogen (secondary N) is 1. The van der Waals surface area contributed by atoms with Crippen LogP contribution >= 0.6 is 0 Å². The molecule has 0 aromatic heterocycles. The molecule has 0 radical (unpaired) electrons. The number of nitrogens with zero attached hydrogens (tertiary/aromatic N) is 1. The van der Waals surface area contributed by atoms with Gasteiger partial charge in [0.05, 0.1) is 18.2 Å². The molecule has 1 fully saturated rings. The number of amides is 1. The van der Waals surface area contributed by atoms with Crippen molar-refractivity contribution in [2.24, 2.45) is 5.41 Å². The number of aliphatic hydroxyl groups is 1. The number of rotatable bonds is 4. The molecule has 17 heavy (non-hydrogen) atoms. The van der Waals surface area contributed by atoms with Crippen molar-refractivity contribution >= 4 is 5.91 Å². The number of carbonyl (C=O) groups excluding carboxylic acids is 1. The van der Waals surface area contributed by atoms with Gasteiger partial charge in [0.2, 0.25) is 0 Å². The third kappa shape index (κ3) is 2.63. The van der Waals surface area contributed by atoms with Gasteiger partial charge in [0.25, 0.3) is 5.91 Å². The number of carbonyl (C=O) groups is 1. The molecule has 2 rings (SSSR count). The van der Waals surface area contributed by atoms with Gasteiger partial charge in [-0.25, -0.2) is 0 Å². The zero-order chi connectivity index (χ0) is 12.3. The maximum Gasteiger partial charge on any atom is 0.251 e. The third-order valence-corrected chi connectivity index (χ3v) is 3.17.